The lowest BCUT2D eigenvalue weighted by atomic mass is 10.2. The Hall–Kier alpha value is -3.33. The van der Waals surface area contributed by atoms with E-state index in [1.165, 1.54) is 5.56 Å². The number of hydrogen-bond acceptors (Lipinski definition) is 3. The highest BCUT2D eigenvalue weighted by Crippen LogP contribution is 2.18. The van der Waals surface area contributed by atoms with Crippen LogP contribution in [0.4, 0.5) is 5.69 Å². The van der Waals surface area contributed by atoms with E-state index >= 15 is 0 Å². The second-order valence-electron chi connectivity index (χ2n) is 5.90. The molecular formula is C23H21NO2. The van der Waals surface area contributed by atoms with Crippen LogP contribution in [0.2, 0.25) is 0 Å². The molecule has 0 radical (unpaired) electrons. The van der Waals surface area contributed by atoms with E-state index in [1.807, 2.05) is 98.8 Å². The zero-order valence-corrected chi connectivity index (χ0v) is 14.9. The number of aliphatic imine (C=N–C) groups is 1. The minimum absolute atomic E-state index is 0.495. The van der Waals surface area contributed by atoms with Crippen molar-refractivity contribution in [1.82, 2.24) is 0 Å². The molecule has 130 valence electrons. The van der Waals surface area contributed by atoms with Crippen molar-refractivity contribution >= 4 is 11.6 Å². The second-order valence-corrected chi connectivity index (χ2v) is 5.90. The molecule has 0 unspecified atom stereocenters. The van der Waals surface area contributed by atoms with Crippen molar-refractivity contribution in [2.24, 2.45) is 4.99 Å². The minimum atomic E-state index is 0.495. The normalized spacial score (nSPS) is 11.9. The third-order valence-corrected chi connectivity index (χ3v) is 3.67. The van der Waals surface area contributed by atoms with Crippen molar-refractivity contribution in [1.29, 1.82) is 0 Å². The summed E-state index contributed by atoms with van der Waals surface area (Å²) in [6, 6.07) is 27.2. The Kier molecular flexibility index (Phi) is 5.84. The fourth-order valence-corrected chi connectivity index (χ4v) is 2.24. The molecule has 0 amide bonds. The van der Waals surface area contributed by atoms with E-state index in [0.29, 0.717) is 5.90 Å². The quantitative estimate of drug-likeness (QED) is 0.319. The summed E-state index contributed by atoms with van der Waals surface area (Å²) in [6.07, 6.45) is 1.66. The van der Waals surface area contributed by atoms with Gasteiger partial charge >= 0.3 is 0 Å². The first-order valence-electron chi connectivity index (χ1n) is 8.48. The Morgan fingerprint density at radius 3 is 2.04 bits per heavy atom. The summed E-state index contributed by atoms with van der Waals surface area (Å²) in [7, 11) is 0. The molecule has 0 fully saturated rings. The molecule has 0 aromatic heterocycles. The van der Waals surface area contributed by atoms with E-state index in [-0.39, 0.29) is 0 Å². The Labute approximate surface area is 154 Å². The van der Waals surface area contributed by atoms with E-state index in [2.05, 4.69) is 4.99 Å². The fourth-order valence-electron chi connectivity index (χ4n) is 2.24. The van der Waals surface area contributed by atoms with Crippen molar-refractivity contribution in [2.45, 2.75) is 13.8 Å². The highest BCUT2D eigenvalue weighted by atomic mass is 16.5. The lowest BCUT2D eigenvalue weighted by Gasteiger charge is -2.10. The van der Waals surface area contributed by atoms with Crippen LogP contribution in [-0.4, -0.2) is 5.90 Å². The van der Waals surface area contributed by atoms with Gasteiger partial charge in [-0.1, -0.05) is 54.1 Å². The third-order valence-electron chi connectivity index (χ3n) is 3.67. The first-order chi connectivity index (χ1) is 12.7. The maximum absolute atomic E-state index is 5.99. The molecule has 0 atom stereocenters. The first kappa shape index (κ1) is 17.5. The van der Waals surface area contributed by atoms with Crippen LogP contribution in [0.1, 0.15) is 12.5 Å². The molecular weight excluding hydrogens is 322 g/mol. The van der Waals surface area contributed by atoms with Gasteiger partial charge in [-0.05, 0) is 50.2 Å². The summed E-state index contributed by atoms with van der Waals surface area (Å²) < 4.78 is 11.7. The molecule has 0 heterocycles. The molecule has 3 heteroatoms. The standard InChI is InChI=1S/C23H21NO2/c1-18-13-15-21(16-14-18)25-17-19(2)23(24-20-9-5-3-6-10-20)26-22-11-7-4-8-12-22/h3-17H,1-2H3/b19-17?,24-23+. The Bertz CT molecular complexity index is 883. The largest absolute Gasteiger partial charge is 0.465 e. The average molecular weight is 343 g/mol. The second kappa shape index (κ2) is 8.67. The number of ether oxygens (including phenoxy) is 2. The molecule has 0 saturated carbocycles. The maximum atomic E-state index is 5.99. The molecule has 0 N–H and O–H groups in total. The van der Waals surface area contributed by atoms with Gasteiger partial charge in [-0.3, -0.25) is 0 Å². The zero-order chi connectivity index (χ0) is 18.2. The predicted molar refractivity (Wildman–Crippen MR) is 106 cm³/mol. The van der Waals surface area contributed by atoms with Gasteiger partial charge in [0, 0.05) is 5.57 Å². The van der Waals surface area contributed by atoms with Gasteiger partial charge in [-0.2, -0.15) is 0 Å². The Morgan fingerprint density at radius 2 is 1.38 bits per heavy atom. The van der Waals surface area contributed by atoms with Crippen LogP contribution in [0, 0.1) is 6.92 Å². The van der Waals surface area contributed by atoms with Crippen LogP contribution in [-0.2, 0) is 0 Å². The van der Waals surface area contributed by atoms with Crippen LogP contribution in [0.15, 0.2) is 102 Å². The number of benzene rings is 3. The molecule has 26 heavy (non-hydrogen) atoms. The zero-order valence-electron chi connectivity index (χ0n) is 14.9. The highest BCUT2D eigenvalue weighted by Gasteiger charge is 2.07. The summed E-state index contributed by atoms with van der Waals surface area (Å²) in [6.45, 7) is 3.96. The number of nitrogens with zero attached hydrogens (tertiary/aromatic N) is 1. The summed E-state index contributed by atoms with van der Waals surface area (Å²) in [5.41, 5.74) is 2.80. The Morgan fingerprint density at radius 1 is 0.769 bits per heavy atom. The lowest BCUT2D eigenvalue weighted by Crippen LogP contribution is -2.10. The van der Waals surface area contributed by atoms with Crippen molar-refractivity contribution in [2.75, 3.05) is 0 Å². The summed E-state index contributed by atoms with van der Waals surface area (Å²) in [5, 5.41) is 0. The predicted octanol–water partition coefficient (Wildman–Crippen LogP) is 6.09. The average Bonchev–Trinajstić information content (AvgIpc) is 2.68. The highest BCUT2D eigenvalue weighted by molar-refractivity contribution is 5.96. The molecule has 3 rings (SSSR count). The summed E-state index contributed by atoms with van der Waals surface area (Å²) in [5.74, 6) is 1.99. The Balaban J connectivity index is 1.85. The fraction of sp³-hybridized carbons (Fsp3) is 0.0870. The van der Waals surface area contributed by atoms with Crippen molar-refractivity contribution in [3.05, 3.63) is 102 Å². The number of hydrogen-bond donors (Lipinski definition) is 0. The van der Waals surface area contributed by atoms with Gasteiger partial charge in [0.2, 0.25) is 5.90 Å². The van der Waals surface area contributed by atoms with E-state index in [9.17, 15) is 0 Å². The molecule has 3 aromatic carbocycles. The SMILES string of the molecule is CC(=COc1ccc(C)cc1)/C(=N\c1ccccc1)Oc1ccccc1. The van der Waals surface area contributed by atoms with Gasteiger partial charge in [-0.15, -0.1) is 0 Å². The van der Waals surface area contributed by atoms with Crippen molar-refractivity contribution < 1.29 is 9.47 Å². The van der Waals surface area contributed by atoms with Gasteiger partial charge in [0.1, 0.15) is 11.5 Å². The maximum Gasteiger partial charge on any atom is 0.225 e. The van der Waals surface area contributed by atoms with Gasteiger partial charge < -0.3 is 9.47 Å². The van der Waals surface area contributed by atoms with Crippen LogP contribution < -0.4 is 9.47 Å². The monoisotopic (exact) mass is 343 g/mol. The van der Waals surface area contributed by atoms with Gasteiger partial charge in [-0.25, -0.2) is 4.99 Å². The molecule has 0 aliphatic heterocycles. The number of para-hydroxylation sites is 2. The van der Waals surface area contributed by atoms with Crippen molar-refractivity contribution in [3.8, 4) is 11.5 Å². The van der Waals surface area contributed by atoms with Crippen LogP contribution >= 0.6 is 0 Å². The van der Waals surface area contributed by atoms with Crippen LogP contribution in [0.5, 0.6) is 11.5 Å². The molecule has 0 bridgehead atoms. The number of aryl methyl sites for hydroxylation is 1. The van der Waals surface area contributed by atoms with Crippen LogP contribution in [0.25, 0.3) is 0 Å². The smallest absolute Gasteiger partial charge is 0.225 e. The summed E-state index contributed by atoms with van der Waals surface area (Å²) >= 11 is 0. The van der Waals surface area contributed by atoms with E-state index < -0.39 is 0 Å². The third kappa shape index (κ3) is 5.08. The van der Waals surface area contributed by atoms with Crippen molar-refractivity contribution in [3.63, 3.8) is 0 Å². The minimum Gasteiger partial charge on any atom is -0.465 e. The molecule has 0 aliphatic carbocycles. The molecule has 0 saturated heterocycles. The lowest BCUT2D eigenvalue weighted by molar-refractivity contribution is 0.473. The van der Waals surface area contributed by atoms with Crippen LogP contribution in [0.3, 0.4) is 0 Å². The molecule has 3 nitrogen and oxygen atoms in total. The topological polar surface area (TPSA) is 30.8 Å². The van der Waals surface area contributed by atoms with E-state index in [4.69, 9.17) is 9.47 Å². The first-order valence-corrected chi connectivity index (χ1v) is 8.48. The van der Waals surface area contributed by atoms with Gasteiger partial charge in [0.05, 0.1) is 11.9 Å². The summed E-state index contributed by atoms with van der Waals surface area (Å²) in [4.78, 5) is 4.63. The van der Waals surface area contributed by atoms with Gasteiger partial charge in [0.15, 0.2) is 0 Å². The molecule has 0 spiro atoms. The van der Waals surface area contributed by atoms with Gasteiger partial charge in [0.25, 0.3) is 0 Å². The van der Waals surface area contributed by atoms with E-state index in [0.717, 1.165) is 22.8 Å². The molecule has 0 aliphatic rings. The number of rotatable bonds is 5. The van der Waals surface area contributed by atoms with E-state index in [1.54, 1.807) is 6.26 Å². The molecule has 3 aromatic rings.